The Labute approximate surface area is 126 Å². The van der Waals surface area contributed by atoms with Gasteiger partial charge in [0.1, 0.15) is 11.9 Å². The molecule has 1 fully saturated rings. The summed E-state index contributed by atoms with van der Waals surface area (Å²) in [6.45, 7) is 0.662. The minimum Gasteiger partial charge on any atom is -0.465 e. The summed E-state index contributed by atoms with van der Waals surface area (Å²) in [5.41, 5.74) is 0. The van der Waals surface area contributed by atoms with E-state index < -0.39 is 15.8 Å². The van der Waals surface area contributed by atoms with Gasteiger partial charge in [0, 0.05) is 18.1 Å². The number of halogens is 1. The molecule has 3 rings (SSSR count). The van der Waals surface area contributed by atoms with E-state index in [0.717, 1.165) is 12.1 Å². The molecule has 112 valence electrons. The second kappa shape index (κ2) is 5.70. The zero-order chi connectivity index (χ0) is 14.9. The zero-order valence-electron chi connectivity index (χ0n) is 11.0. The molecule has 0 amide bonds. The number of rotatable bonds is 4. The van der Waals surface area contributed by atoms with Crippen molar-refractivity contribution in [3.63, 3.8) is 0 Å². The van der Waals surface area contributed by atoms with E-state index in [1.807, 2.05) is 0 Å². The van der Waals surface area contributed by atoms with Crippen LogP contribution in [0.15, 0.2) is 40.7 Å². The number of nitrogens with zero attached hydrogens (tertiary/aromatic N) is 2. The van der Waals surface area contributed by atoms with Gasteiger partial charge in [-0.15, -0.1) is 0 Å². The summed E-state index contributed by atoms with van der Waals surface area (Å²) in [5, 5.41) is 2.35. The smallest absolute Gasteiger partial charge is 0.273 e. The summed E-state index contributed by atoms with van der Waals surface area (Å²) in [5.74, 6) is -0.458. The molecule has 5 nitrogen and oxygen atoms in total. The van der Waals surface area contributed by atoms with Crippen molar-refractivity contribution in [1.29, 1.82) is 0 Å². The van der Waals surface area contributed by atoms with E-state index >= 15 is 0 Å². The molecule has 0 aliphatic carbocycles. The fourth-order valence-electron chi connectivity index (χ4n) is 2.18. The first kappa shape index (κ1) is 14.4. The van der Waals surface area contributed by atoms with Crippen molar-refractivity contribution >= 4 is 21.4 Å². The van der Waals surface area contributed by atoms with Crippen LogP contribution in [-0.2, 0) is 10.0 Å². The average Bonchev–Trinajstić information content (AvgIpc) is 3.11. The van der Waals surface area contributed by atoms with Gasteiger partial charge in [-0.25, -0.2) is 17.8 Å². The lowest BCUT2D eigenvalue weighted by molar-refractivity contribution is 0.214. The Balaban J connectivity index is 1.71. The SMILES string of the molecule is O=S(=O)(c1ccc(F)cc1)N1CCC(Oc2nccs2)C1. The predicted molar refractivity (Wildman–Crippen MR) is 76.3 cm³/mol. The van der Waals surface area contributed by atoms with Crippen LogP contribution in [0.3, 0.4) is 0 Å². The van der Waals surface area contributed by atoms with Crippen molar-refractivity contribution in [2.75, 3.05) is 13.1 Å². The van der Waals surface area contributed by atoms with E-state index in [4.69, 9.17) is 4.74 Å². The lowest BCUT2D eigenvalue weighted by Crippen LogP contribution is -2.31. The van der Waals surface area contributed by atoms with E-state index in [9.17, 15) is 12.8 Å². The largest absolute Gasteiger partial charge is 0.465 e. The first-order chi connectivity index (χ1) is 10.1. The number of ether oxygens (including phenoxy) is 1. The normalized spacial score (nSPS) is 19.8. The number of hydrogen-bond acceptors (Lipinski definition) is 5. The van der Waals surface area contributed by atoms with Gasteiger partial charge in [0.25, 0.3) is 5.19 Å². The lowest BCUT2D eigenvalue weighted by Gasteiger charge is -2.16. The molecule has 1 aliphatic rings. The van der Waals surface area contributed by atoms with Crippen LogP contribution < -0.4 is 4.74 Å². The molecule has 0 radical (unpaired) electrons. The van der Waals surface area contributed by atoms with Crippen molar-refractivity contribution in [3.8, 4) is 5.19 Å². The van der Waals surface area contributed by atoms with Gasteiger partial charge in [0.05, 0.1) is 11.4 Å². The summed E-state index contributed by atoms with van der Waals surface area (Å²) < 4.78 is 44.7. The van der Waals surface area contributed by atoms with Crippen molar-refractivity contribution in [2.24, 2.45) is 0 Å². The summed E-state index contributed by atoms with van der Waals surface area (Å²) in [7, 11) is -3.60. The molecular formula is C13H13FN2O3S2. The van der Waals surface area contributed by atoms with Crippen molar-refractivity contribution in [3.05, 3.63) is 41.7 Å². The lowest BCUT2D eigenvalue weighted by atomic mass is 10.3. The van der Waals surface area contributed by atoms with E-state index in [-0.39, 0.29) is 17.5 Å². The van der Waals surface area contributed by atoms with Gasteiger partial charge < -0.3 is 4.74 Å². The number of sulfonamides is 1. The second-order valence-electron chi connectivity index (χ2n) is 4.64. The number of benzene rings is 1. The molecule has 1 aromatic heterocycles. The fourth-order valence-corrected chi connectivity index (χ4v) is 4.22. The minimum absolute atomic E-state index is 0.0961. The Morgan fingerprint density at radius 2 is 2.10 bits per heavy atom. The van der Waals surface area contributed by atoms with E-state index in [2.05, 4.69) is 4.98 Å². The Kier molecular flexibility index (Phi) is 3.92. The first-order valence-corrected chi connectivity index (χ1v) is 8.69. The molecule has 1 aliphatic heterocycles. The molecule has 0 spiro atoms. The molecule has 1 atom stereocenters. The van der Waals surface area contributed by atoms with Crippen LogP contribution in [0.1, 0.15) is 6.42 Å². The maximum atomic E-state index is 12.9. The van der Waals surface area contributed by atoms with Crippen LogP contribution in [0.25, 0.3) is 0 Å². The highest BCUT2D eigenvalue weighted by Crippen LogP contribution is 2.25. The Morgan fingerprint density at radius 1 is 1.33 bits per heavy atom. The maximum absolute atomic E-state index is 12.9. The first-order valence-electron chi connectivity index (χ1n) is 6.37. The maximum Gasteiger partial charge on any atom is 0.273 e. The molecule has 1 unspecified atom stereocenters. The Morgan fingerprint density at radius 3 is 2.76 bits per heavy atom. The van der Waals surface area contributed by atoms with Gasteiger partial charge in [-0.1, -0.05) is 11.3 Å². The average molecular weight is 328 g/mol. The molecule has 2 heterocycles. The molecule has 0 bridgehead atoms. The summed E-state index contributed by atoms with van der Waals surface area (Å²) in [4.78, 5) is 4.12. The molecule has 1 aromatic carbocycles. The molecule has 0 N–H and O–H groups in total. The zero-order valence-corrected chi connectivity index (χ0v) is 12.6. The van der Waals surface area contributed by atoms with Gasteiger partial charge >= 0.3 is 0 Å². The van der Waals surface area contributed by atoms with Crippen molar-refractivity contribution in [1.82, 2.24) is 9.29 Å². The standard InChI is InChI=1S/C13H13FN2O3S2/c14-10-1-3-12(4-2-10)21(17,18)16-7-5-11(9-16)19-13-15-6-8-20-13/h1-4,6,8,11H,5,7,9H2. The molecule has 21 heavy (non-hydrogen) atoms. The van der Waals surface area contributed by atoms with E-state index in [0.29, 0.717) is 18.2 Å². The highest BCUT2D eigenvalue weighted by atomic mass is 32.2. The fraction of sp³-hybridized carbons (Fsp3) is 0.308. The topological polar surface area (TPSA) is 59.5 Å². The molecule has 2 aromatic rings. The van der Waals surface area contributed by atoms with Crippen LogP contribution in [0.2, 0.25) is 0 Å². The third-order valence-corrected chi connectivity index (χ3v) is 5.78. The third kappa shape index (κ3) is 3.07. The molecule has 8 heteroatoms. The van der Waals surface area contributed by atoms with E-state index in [1.54, 1.807) is 11.6 Å². The van der Waals surface area contributed by atoms with Crippen molar-refractivity contribution in [2.45, 2.75) is 17.4 Å². The van der Waals surface area contributed by atoms with Crippen molar-refractivity contribution < 1.29 is 17.5 Å². The van der Waals surface area contributed by atoms with Gasteiger partial charge in [-0.3, -0.25) is 0 Å². The minimum atomic E-state index is -3.60. The third-order valence-electron chi connectivity index (χ3n) is 3.24. The second-order valence-corrected chi connectivity index (χ2v) is 7.44. The van der Waals surface area contributed by atoms with Crippen LogP contribution in [0.4, 0.5) is 4.39 Å². The van der Waals surface area contributed by atoms with Crippen LogP contribution in [0, 0.1) is 5.82 Å². The van der Waals surface area contributed by atoms with Crippen LogP contribution >= 0.6 is 11.3 Å². The van der Waals surface area contributed by atoms with Crippen LogP contribution in [0.5, 0.6) is 5.19 Å². The van der Waals surface area contributed by atoms with Crippen LogP contribution in [-0.4, -0.2) is 36.9 Å². The summed E-state index contributed by atoms with van der Waals surface area (Å²) >= 11 is 1.37. The Hall–Kier alpha value is -1.51. The highest BCUT2D eigenvalue weighted by molar-refractivity contribution is 7.89. The number of hydrogen-bond donors (Lipinski definition) is 0. The molecule has 0 saturated carbocycles. The van der Waals surface area contributed by atoms with Gasteiger partial charge in [-0.05, 0) is 30.7 Å². The quantitative estimate of drug-likeness (QED) is 0.863. The summed E-state index contributed by atoms with van der Waals surface area (Å²) in [6, 6.07) is 4.85. The van der Waals surface area contributed by atoms with E-state index in [1.165, 1.54) is 27.8 Å². The monoisotopic (exact) mass is 328 g/mol. The molecule has 1 saturated heterocycles. The predicted octanol–water partition coefficient (Wildman–Crippen LogP) is 2.12. The molecular weight excluding hydrogens is 315 g/mol. The van der Waals surface area contributed by atoms with Gasteiger partial charge in [0.15, 0.2) is 0 Å². The number of aromatic nitrogens is 1. The Bertz CT molecular complexity index is 702. The summed E-state index contributed by atoms with van der Waals surface area (Å²) in [6.07, 6.45) is 2.05. The highest BCUT2D eigenvalue weighted by Gasteiger charge is 2.33. The van der Waals surface area contributed by atoms with Gasteiger partial charge in [0.2, 0.25) is 10.0 Å². The number of thiazole rings is 1. The van der Waals surface area contributed by atoms with Gasteiger partial charge in [-0.2, -0.15) is 4.31 Å².